The van der Waals surface area contributed by atoms with Gasteiger partial charge in [-0.15, -0.1) is 0 Å². The van der Waals surface area contributed by atoms with E-state index in [1.165, 1.54) is 27.2 Å². The summed E-state index contributed by atoms with van der Waals surface area (Å²) in [6.07, 6.45) is 0. The Morgan fingerprint density at radius 2 is 1.79 bits per heavy atom. The Kier molecular flexibility index (Phi) is 6.69. The Bertz CT molecular complexity index is 968. The Morgan fingerprint density at radius 1 is 1.18 bits per heavy atom. The average molecular weight is 431 g/mol. The van der Waals surface area contributed by atoms with Gasteiger partial charge in [0, 0.05) is 0 Å². The van der Waals surface area contributed by atoms with Crippen molar-refractivity contribution in [1.82, 2.24) is 19.1 Å². The summed E-state index contributed by atoms with van der Waals surface area (Å²) in [5.41, 5.74) is -0.0588. The standard InChI is InChI=1S/C14H17N5O7S2/c1-5-26-11(20)10-7(2)18-27-12(10)28(22,23)19-14(21)17-13-15-8(24-3)6-9(16-13)25-4/h6H,5H2,1-4H3,(H2,15,16,17,19,21). The molecule has 2 heterocycles. The first-order valence-electron chi connectivity index (χ1n) is 7.66. The number of amides is 2. The molecule has 0 spiro atoms. The molecule has 0 saturated heterocycles. The zero-order valence-electron chi connectivity index (χ0n) is 15.3. The van der Waals surface area contributed by atoms with Crippen LogP contribution in [0.15, 0.2) is 10.3 Å². The van der Waals surface area contributed by atoms with Crippen molar-refractivity contribution >= 4 is 39.5 Å². The highest BCUT2D eigenvalue weighted by Gasteiger charge is 2.30. The third-order valence-electron chi connectivity index (χ3n) is 3.10. The van der Waals surface area contributed by atoms with Crippen LogP contribution in [0.1, 0.15) is 23.0 Å². The Balaban J connectivity index is 2.24. The van der Waals surface area contributed by atoms with Crippen LogP contribution in [0.5, 0.6) is 11.8 Å². The van der Waals surface area contributed by atoms with Crippen molar-refractivity contribution in [2.45, 2.75) is 18.1 Å². The minimum absolute atomic E-state index is 0.0521. The van der Waals surface area contributed by atoms with Crippen LogP contribution in [0.4, 0.5) is 10.7 Å². The summed E-state index contributed by atoms with van der Waals surface area (Å²) in [7, 11) is -1.72. The second kappa shape index (κ2) is 8.79. The van der Waals surface area contributed by atoms with E-state index in [9.17, 15) is 18.0 Å². The van der Waals surface area contributed by atoms with Gasteiger partial charge in [-0.25, -0.2) is 22.7 Å². The number of nitrogens with one attached hydrogen (secondary N) is 2. The van der Waals surface area contributed by atoms with Crippen LogP contribution >= 0.6 is 11.5 Å². The Morgan fingerprint density at radius 3 is 2.32 bits per heavy atom. The molecular formula is C14H17N5O7S2. The molecule has 0 radical (unpaired) electrons. The molecule has 2 rings (SSSR count). The lowest BCUT2D eigenvalue weighted by Gasteiger charge is -2.09. The normalized spacial score (nSPS) is 10.9. The number of urea groups is 1. The number of hydrogen-bond acceptors (Lipinski definition) is 11. The van der Waals surface area contributed by atoms with E-state index >= 15 is 0 Å². The third-order valence-corrected chi connectivity index (χ3v) is 5.87. The second-order valence-electron chi connectivity index (χ2n) is 4.99. The molecule has 0 atom stereocenters. The van der Waals surface area contributed by atoms with E-state index in [0.29, 0.717) is 11.5 Å². The summed E-state index contributed by atoms with van der Waals surface area (Å²) in [5.74, 6) is -0.925. The number of carbonyl (C=O) groups excluding carboxylic acids is 2. The van der Waals surface area contributed by atoms with Crippen LogP contribution < -0.4 is 19.5 Å². The van der Waals surface area contributed by atoms with Gasteiger partial charge in [-0.3, -0.25) is 5.32 Å². The van der Waals surface area contributed by atoms with Crippen LogP contribution in [-0.2, 0) is 14.8 Å². The van der Waals surface area contributed by atoms with Gasteiger partial charge in [0.05, 0.1) is 32.6 Å². The Labute approximate surface area is 164 Å². The fourth-order valence-electron chi connectivity index (χ4n) is 1.93. The smallest absolute Gasteiger partial charge is 0.342 e. The number of hydrogen-bond donors (Lipinski definition) is 2. The molecule has 2 aromatic heterocycles. The second-order valence-corrected chi connectivity index (χ2v) is 7.64. The highest BCUT2D eigenvalue weighted by Crippen LogP contribution is 2.25. The predicted octanol–water partition coefficient (Wildman–Crippen LogP) is 0.946. The zero-order valence-corrected chi connectivity index (χ0v) is 16.9. The number of rotatable bonds is 7. The first-order valence-corrected chi connectivity index (χ1v) is 9.91. The highest BCUT2D eigenvalue weighted by molar-refractivity contribution is 7.92. The van der Waals surface area contributed by atoms with E-state index in [1.807, 2.05) is 0 Å². The van der Waals surface area contributed by atoms with E-state index in [4.69, 9.17) is 14.2 Å². The molecule has 28 heavy (non-hydrogen) atoms. The molecule has 2 N–H and O–H groups in total. The number of methoxy groups -OCH3 is 2. The van der Waals surface area contributed by atoms with Gasteiger partial charge in [0.15, 0.2) is 4.21 Å². The maximum absolute atomic E-state index is 12.5. The third kappa shape index (κ3) is 4.83. The predicted molar refractivity (Wildman–Crippen MR) is 97.3 cm³/mol. The molecule has 12 nitrogen and oxygen atoms in total. The molecule has 0 unspecified atom stereocenters. The van der Waals surface area contributed by atoms with Crippen LogP contribution in [0, 0.1) is 6.92 Å². The highest BCUT2D eigenvalue weighted by atomic mass is 32.2. The van der Waals surface area contributed by atoms with Crippen molar-refractivity contribution in [1.29, 1.82) is 0 Å². The quantitative estimate of drug-likeness (QED) is 0.604. The number of anilines is 1. The van der Waals surface area contributed by atoms with Gasteiger partial charge in [-0.1, -0.05) is 0 Å². The zero-order chi connectivity index (χ0) is 20.9. The molecule has 0 fully saturated rings. The van der Waals surface area contributed by atoms with E-state index in [1.54, 1.807) is 11.6 Å². The summed E-state index contributed by atoms with van der Waals surface area (Å²) in [6, 6.07) is 0.210. The van der Waals surface area contributed by atoms with Gasteiger partial charge in [0.1, 0.15) is 5.56 Å². The van der Waals surface area contributed by atoms with Gasteiger partial charge in [0.25, 0.3) is 10.0 Å². The molecule has 2 aromatic rings. The molecular weight excluding hydrogens is 414 g/mol. The van der Waals surface area contributed by atoms with Gasteiger partial charge < -0.3 is 14.2 Å². The van der Waals surface area contributed by atoms with E-state index in [0.717, 1.165) is 0 Å². The maximum Gasteiger partial charge on any atom is 0.342 e. The van der Waals surface area contributed by atoms with Crippen LogP contribution in [0.25, 0.3) is 0 Å². The number of esters is 1. The summed E-state index contributed by atoms with van der Waals surface area (Å²) < 4.78 is 44.9. The molecule has 0 bridgehead atoms. The van der Waals surface area contributed by atoms with Crippen LogP contribution in [-0.4, -0.2) is 55.6 Å². The summed E-state index contributed by atoms with van der Waals surface area (Å²) in [5, 5.41) is 2.15. The van der Waals surface area contributed by atoms with Gasteiger partial charge in [-0.2, -0.15) is 14.3 Å². The van der Waals surface area contributed by atoms with Crippen LogP contribution in [0.2, 0.25) is 0 Å². The van der Waals surface area contributed by atoms with Crippen molar-refractivity contribution in [3.05, 3.63) is 17.3 Å². The SMILES string of the molecule is CCOC(=O)c1c(C)nsc1S(=O)(=O)NC(=O)Nc1nc(OC)cc(OC)n1. The molecule has 0 saturated carbocycles. The molecule has 0 aliphatic carbocycles. The molecule has 2 amide bonds. The first-order chi connectivity index (χ1) is 13.2. The molecule has 0 aromatic carbocycles. The number of sulfonamides is 1. The topological polar surface area (TPSA) is 159 Å². The minimum atomic E-state index is -4.41. The lowest BCUT2D eigenvalue weighted by molar-refractivity contribution is 0.0521. The van der Waals surface area contributed by atoms with E-state index in [-0.39, 0.29) is 35.6 Å². The van der Waals surface area contributed by atoms with Crippen molar-refractivity contribution in [3.8, 4) is 11.8 Å². The van der Waals surface area contributed by atoms with Crippen molar-refractivity contribution in [2.75, 3.05) is 26.1 Å². The fraction of sp³-hybridized carbons (Fsp3) is 0.357. The van der Waals surface area contributed by atoms with Crippen molar-refractivity contribution < 1.29 is 32.2 Å². The number of nitrogens with zero attached hydrogens (tertiary/aromatic N) is 3. The van der Waals surface area contributed by atoms with Gasteiger partial charge >= 0.3 is 12.0 Å². The maximum atomic E-state index is 12.5. The van der Waals surface area contributed by atoms with Gasteiger partial charge in [0.2, 0.25) is 17.7 Å². The number of ether oxygens (including phenoxy) is 3. The summed E-state index contributed by atoms with van der Waals surface area (Å²) in [4.78, 5) is 31.8. The van der Waals surface area contributed by atoms with E-state index < -0.39 is 26.2 Å². The van der Waals surface area contributed by atoms with Crippen molar-refractivity contribution in [3.63, 3.8) is 0 Å². The monoisotopic (exact) mass is 431 g/mol. The molecule has 0 aliphatic rings. The molecule has 0 aliphatic heterocycles. The number of aryl methyl sites for hydroxylation is 1. The molecule has 14 heteroatoms. The first kappa shape index (κ1) is 21.3. The number of aromatic nitrogens is 3. The summed E-state index contributed by atoms with van der Waals surface area (Å²) >= 11 is 0.545. The van der Waals surface area contributed by atoms with Gasteiger partial charge in [-0.05, 0) is 25.4 Å². The Hall–Kier alpha value is -3.00. The average Bonchev–Trinajstić information content (AvgIpc) is 3.03. The largest absolute Gasteiger partial charge is 0.481 e. The summed E-state index contributed by atoms with van der Waals surface area (Å²) in [6.45, 7) is 3.09. The minimum Gasteiger partial charge on any atom is -0.481 e. The number of carbonyl (C=O) groups is 2. The fourth-order valence-corrected chi connectivity index (χ4v) is 4.08. The van der Waals surface area contributed by atoms with E-state index in [2.05, 4.69) is 19.7 Å². The van der Waals surface area contributed by atoms with Crippen LogP contribution in [0.3, 0.4) is 0 Å². The van der Waals surface area contributed by atoms with Crippen molar-refractivity contribution in [2.24, 2.45) is 0 Å². The molecule has 152 valence electrons. The lowest BCUT2D eigenvalue weighted by atomic mass is 10.3. The lowest BCUT2D eigenvalue weighted by Crippen LogP contribution is -2.35.